The zero-order valence-corrected chi connectivity index (χ0v) is 16.0. The molecule has 0 bridgehead atoms. The first-order valence-corrected chi connectivity index (χ1v) is 9.15. The molecule has 5 heteroatoms. The minimum atomic E-state index is 0.546. The van der Waals surface area contributed by atoms with Crippen LogP contribution in [0.4, 0.5) is 0 Å². The summed E-state index contributed by atoms with van der Waals surface area (Å²) in [4.78, 5) is 4.85. The van der Waals surface area contributed by atoms with Crippen LogP contribution in [0.5, 0.6) is 17.2 Å². The summed E-state index contributed by atoms with van der Waals surface area (Å²) >= 11 is 0. The number of ether oxygens (including phenoxy) is 3. The van der Waals surface area contributed by atoms with E-state index in [1.165, 1.54) is 0 Å². The van der Waals surface area contributed by atoms with Crippen LogP contribution in [0.15, 0.2) is 72.8 Å². The molecule has 5 nitrogen and oxygen atoms in total. The van der Waals surface area contributed by atoms with E-state index in [2.05, 4.69) is 10.6 Å². The molecule has 0 aliphatic heterocycles. The number of nitrogens with zero attached hydrogens (tertiary/aromatic N) is 2. The summed E-state index contributed by atoms with van der Waals surface area (Å²) in [5.74, 6) is 3.11. The van der Waals surface area contributed by atoms with Crippen molar-refractivity contribution in [1.82, 2.24) is 9.55 Å². The Morgan fingerprint density at radius 2 is 1.57 bits per heavy atom. The monoisotopic (exact) mass is 374 g/mol. The molecule has 0 spiro atoms. The molecule has 1 heterocycles. The molecule has 0 N–H and O–H groups in total. The molecule has 0 amide bonds. The third kappa shape index (κ3) is 3.51. The molecule has 4 aromatic rings. The zero-order chi connectivity index (χ0) is 19.3. The standard InChI is InChI=1S/C23H22N2O3/c1-26-21-13-12-17(16-22(21)27-2)23-24-19-10-6-7-11-20(19)25(23)14-15-28-18-8-4-3-5-9-18/h3-13,16H,14-15H2,1-2H3. The largest absolute Gasteiger partial charge is 0.493 e. The summed E-state index contributed by atoms with van der Waals surface area (Å²) in [6.07, 6.45) is 0. The van der Waals surface area contributed by atoms with Crippen molar-refractivity contribution in [3.8, 4) is 28.6 Å². The van der Waals surface area contributed by atoms with Gasteiger partial charge in [-0.3, -0.25) is 0 Å². The number of hydrogen-bond donors (Lipinski definition) is 0. The zero-order valence-electron chi connectivity index (χ0n) is 16.0. The van der Waals surface area contributed by atoms with Crippen LogP contribution in [0, 0.1) is 0 Å². The fourth-order valence-corrected chi connectivity index (χ4v) is 3.27. The molecule has 0 unspecified atom stereocenters. The molecular weight excluding hydrogens is 352 g/mol. The van der Waals surface area contributed by atoms with Crippen molar-refractivity contribution in [2.24, 2.45) is 0 Å². The summed E-state index contributed by atoms with van der Waals surface area (Å²) in [5.41, 5.74) is 2.99. The summed E-state index contributed by atoms with van der Waals surface area (Å²) in [7, 11) is 3.27. The minimum Gasteiger partial charge on any atom is -0.493 e. The van der Waals surface area contributed by atoms with Gasteiger partial charge in [-0.05, 0) is 42.5 Å². The van der Waals surface area contributed by atoms with Gasteiger partial charge in [0.05, 0.1) is 31.8 Å². The van der Waals surface area contributed by atoms with E-state index in [9.17, 15) is 0 Å². The maximum Gasteiger partial charge on any atom is 0.161 e. The van der Waals surface area contributed by atoms with E-state index >= 15 is 0 Å². The van der Waals surface area contributed by atoms with Crippen LogP contribution in [0.25, 0.3) is 22.4 Å². The highest BCUT2D eigenvalue weighted by atomic mass is 16.5. The van der Waals surface area contributed by atoms with E-state index in [1.54, 1.807) is 14.2 Å². The van der Waals surface area contributed by atoms with Gasteiger partial charge in [-0.15, -0.1) is 0 Å². The smallest absolute Gasteiger partial charge is 0.161 e. The second-order valence-corrected chi connectivity index (χ2v) is 6.31. The topological polar surface area (TPSA) is 45.5 Å². The second kappa shape index (κ2) is 8.05. The first-order chi connectivity index (χ1) is 13.8. The van der Waals surface area contributed by atoms with Gasteiger partial charge in [-0.2, -0.15) is 0 Å². The first-order valence-electron chi connectivity index (χ1n) is 9.15. The Hall–Kier alpha value is -3.47. The van der Waals surface area contributed by atoms with E-state index in [0.29, 0.717) is 24.7 Å². The lowest BCUT2D eigenvalue weighted by molar-refractivity contribution is 0.301. The highest BCUT2D eigenvalue weighted by Gasteiger charge is 2.15. The van der Waals surface area contributed by atoms with Gasteiger partial charge in [-0.25, -0.2) is 4.98 Å². The Kier molecular flexibility index (Phi) is 5.15. The van der Waals surface area contributed by atoms with Gasteiger partial charge >= 0.3 is 0 Å². The summed E-state index contributed by atoms with van der Waals surface area (Å²) < 4.78 is 18.9. The van der Waals surface area contributed by atoms with Crippen LogP contribution in [-0.4, -0.2) is 30.4 Å². The molecule has 0 fully saturated rings. The molecule has 0 saturated heterocycles. The third-order valence-corrected chi connectivity index (χ3v) is 4.62. The van der Waals surface area contributed by atoms with Crippen molar-refractivity contribution in [2.45, 2.75) is 6.54 Å². The van der Waals surface area contributed by atoms with Crippen LogP contribution in [0.1, 0.15) is 0 Å². The van der Waals surface area contributed by atoms with Crippen molar-refractivity contribution < 1.29 is 14.2 Å². The number of aromatic nitrogens is 2. The predicted molar refractivity (Wildman–Crippen MR) is 110 cm³/mol. The van der Waals surface area contributed by atoms with Crippen molar-refractivity contribution in [3.63, 3.8) is 0 Å². The maximum atomic E-state index is 5.91. The quantitative estimate of drug-likeness (QED) is 0.466. The Morgan fingerprint density at radius 1 is 0.821 bits per heavy atom. The van der Waals surface area contributed by atoms with Crippen LogP contribution < -0.4 is 14.2 Å². The Bertz CT molecular complexity index is 1070. The highest BCUT2D eigenvalue weighted by Crippen LogP contribution is 2.33. The van der Waals surface area contributed by atoms with Gasteiger partial charge in [0.1, 0.15) is 18.2 Å². The lowest BCUT2D eigenvalue weighted by Gasteiger charge is -2.13. The maximum absolute atomic E-state index is 5.91. The molecule has 3 aromatic carbocycles. The first kappa shape index (κ1) is 17.9. The Balaban J connectivity index is 1.69. The third-order valence-electron chi connectivity index (χ3n) is 4.62. The normalized spacial score (nSPS) is 10.8. The Labute approximate surface area is 164 Å². The molecule has 4 rings (SSSR count). The van der Waals surface area contributed by atoms with E-state index in [4.69, 9.17) is 19.2 Å². The highest BCUT2D eigenvalue weighted by molar-refractivity contribution is 5.81. The van der Waals surface area contributed by atoms with Crippen molar-refractivity contribution in [3.05, 3.63) is 72.8 Å². The fraction of sp³-hybridized carbons (Fsp3) is 0.174. The lowest BCUT2D eigenvalue weighted by Crippen LogP contribution is -2.09. The SMILES string of the molecule is COc1ccc(-c2nc3ccccc3n2CCOc2ccccc2)cc1OC. The number of benzene rings is 3. The van der Waals surface area contributed by atoms with E-state index in [-0.39, 0.29) is 0 Å². The molecule has 28 heavy (non-hydrogen) atoms. The van der Waals surface area contributed by atoms with Gasteiger partial charge < -0.3 is 18.8 Å². The summed E-state index contributed by atoms with van der Waals surface area (Å²) in [5, 5.41) is 0. The molecule has 0 saturated carbocycles. The van der Waals surface area contributed by atoms with Gasteiger partial charge in [-0.1, -0.05) is 30.3 Å². The van der Waals surface area contributed by atoms with E-state index in [1.807, 2.05) is 66.7 Å². The van der Waals surface area contributed by atoms with Gasteiger partial charge in [0.2, 0.25) is 0 Å². The molecule has 0 aliphatic rings. The van der Waals surface area contributed by atoms with Crippen LogP contribution in [0.3, 0.4) is 0 Å². The molecule has 142 valence electrons. The molecule has 0 aliphatic carbocycles. The average molecular weight is 374 g/mol. The molecule has 0 radical (unpaired) electrons. The van der Waals surface area contributed by atoms with Crippen molar-refractivity contribution in [2.75, 3.05) is 20.8 Å². The summed E-state index contributed by atoms with van der Waals surface area (Å²) in [6, 6.07) is 23.8. The molecule has 1 aromatic heterocycles. The van der Waals surface area contributed by atoms with Gasteiger partial charge in [0.25, 0.3) is 0 Å². The number of methoxy groups -OCH3 is 2. The average Bonchev–Trinajstić information content (AvgIpc) is 3.12. The predicted octanol–water partition coefficient (Wildman–Crippen LogP) is 4.80. The number of fused-ring (bicyclic) bond motifs is 1. The molecule has 0 atom stereocenters. The number of hydrogen-bond acceptors (Lipinski definition) is 4. The lowest BCUT2D eigenvalue weighted by atomic mass is 10.2. The van der Waals surface area contributed by atoms with Crippen LogP contribution in [-0.2, 0) is 6.54 Å². The second-order valence-electron chi connectivity index (χ2n) is 6.31. The van der Waals surface area contributed by atoms with Gasteiger partial charge in [0, 0.05) is 5.56 Å². The van der Waals surface area contributed by atoms with E-state index in [0.717, 1.165) is 28.2 Å². The minimum absolute atomic E-state index is 0.546. The van der Waals surface area contributed by atoms with Crippen LogP contribution in [0.2, 0.25) is 0 Å². The molecular formula is C23H22N2O3. The Morgan fingerprint density at radius 3 is 2.36 bits per heavy atom. The van der Waals surface area contributed by atoms with E-state index < -0.39 is 0 Å². The van der Waals surface area contributed by atoms with Crippen molar-refractivity contribution in [1.29, 1.82) is 0 Å². The fourth-order valence-electron chi connectivity index (χ4n) is 3.27. The number of rotatable bonds is 7. The van der Waals surface area contributed by atoms with Crippen LogP contribution >= 0.6 is 0 Å². The summed E-state index contributed by atoms with van der Waals surface area (Å²) in [6.45, 7) is 1.23. The van der Waals surface area contributed by atoms with Crippen molar-refractivity contribution >= 4 is 11.0 Å². The number of imidazole rings is 1. The van der Waals surface area contributed by atoms with Gasteiger partial charge in [0.15, 0.2) is 11.5 Å². The number of para-hydroxylation sites is 3.